The van der Waals surface area contributed by atoms with Crippen molar-refractivity contribution >= 4 is 18.0 Å². The Bertz CT molecular complexity index is 563. The molecule has 5 heteroatoms. The fourth-order valence-corrected chi connectivity index (χ4v) is 2.09. The minimum Gasteiger partial charge on any atom is -0.490 e. The van der Waals surface area contributed by atoms with Gasteiger partial charge in [0.25, 0.3) is 0 Å². The number of carbonyl (C=O) groups is 2. The zero-order valence-electron chi connectivity index (χ0n) is 15.9. The molecule has 0 saturated heterocycles. The first-order chi connectivity index (χ1) is 12.5. The van der Waals surface area contributed by atoms with Crippen molar-refractivity contribution in [1.82, 2.24) is 0 Å². The number of hydrogen-bond acceptors (Lipinski definition) is 4. The summed E-state index contributed by atoms with van der Waals surface area (Å²) in [6.45, 7) is 7.57. The van der Waals surface area contributed by atoms with Crippen LogP contribution in [0.1, 0.15) is 51.5 Å². The molecule has 0 aliphatic rings. The van der Waals surface area contributed by atoms with Crippen molar-refractivity contribution in [3.8, 4) is 0 Å². The van der Waals surface area contributed by atoms with Crippen molar-refractivity contribution in [3.05, 3.63) is 54.3 Å². The quantitative estimate of drug-likeness (QED) is 0.279. The predicted molar refractivity (Wildman–Crippen MR) is 104 cm³/mol. The van der Waals surface area contributed by atoms with Crippen LogP contribution in [0.5, 0.6) is 0 Å². The van der Waals surface area contributed by atoms with Gasteiger partial charge < -0.3 is 14.6 Å². The molecular formula is C21H30O5. The highest BCUT2D eigenvalue weighted by atomic mass is 16.5. The zero-order valence-corrected chi connectivity index (χ0v) is 15.9. The van der Waals surface area contributed by atoms with Gasteiger partial charge in [0, 0.05) is 6.08 Å². The van der Waals surface area contributed by atoms with Gasteiger partial charge in [0.05, 0.1) is 7.11 Å². The minimum absolute atomic E-state index is 0.0637. The summed E-state index contributed by atoms with van der Waals surface area (Å²) in [4.78, 5) is 21.4. The molecule has 0 aromatic heterocycles. The molecule has 1 aromatic carbocycles. The zero-order chi connectivity index (χ0) is 19.8. The van der Waals surface area contributed by atoms with Gasteiger partial charge in [-0.3, -0.25) is 0 Å². The maximum absolute atomic E-state index is 10.9. The second-order valence-electron chi connectivity index (χ2n) is 5.60. The third-order valence-corrected chi connectivity index (χ3v) is 3.56. The van der Waals surface area contributed by atoms with Crippen LogP contribution >= 0.6 is 0 Å². The summed E-state index contributed by atoms with van der Waals surface area (Å²) in [5.41, 5.74) is 0.807. The summed E-state index contributed by atoms with van der Waals surface area (Å²) < 4.78 is 9.82. The molecule has 0 fully saturated rings. The first-order valence-corrected chi connectivity index (χ1v) is 8.85. The summed E-state index contributed by atoms with van der Waals surface area (Å²) in [7, 11) is 1.34. The van der Waals surface area contributed by atoms with Gasteiger partial charge in [-0.05, 0) is 30.9 Å². The second-order valence-corrected chi connectivity index (χ2v) is 5.60. The van der Waals surface area contributed by atoms with Gasteiger partial charge >= 0.3 is 11.9 Å². The highest BCUT2D eigenvalue weighted by molar-refractivity contribution is 5.89. The monoisotopic (exact) mass is 362 g/mol. The Kier molecular flexibility index (Phi) is 13.3. The van der Waals surface area contributed by atoms with Gasteiger partial charge in [-0.2, -0.15) is 0 Å². The van der Waals surface area contributed by atoms with Crippen molar-refractivity contribution < 1.29 is 24.2 Å². The molecule has 0 saturated carbocycles. The standard InChI is InChI=1S/C11H20O2.C10H10O3/c1-4-7-8-9-10(5-2)13-11(12)6-3;1-13-9(10(11)12)7-8-5-3-2-4-6-8/h6,10H,3-5,7-9H2,1-2H3;2-7H,1H3,(H,11,12). The van der Waals surface area contributed by atoms with E-state index in [4.69, 9.17) is 9.84 Å². The third kappa shape index (κ3) is 11.1. The number of esters is 1. The van der Waals surface area contributed by atoms with E-state index in [1.54, 1.807) is 0 Å². The number of carbonyl (C=O) groups excluding carboxylic acids is 1. The van der Waals surface area contributed by atoms with Crippen LogP contribution in [0.25, 0.3) is 6.08 Å². The molecule has 1 N–H and O–H groups in total. The number of rotatable bonds is 10. The molecule has 1 atom stereocenters. The molecule has 0 bridgehead atoms. The van der Waals surface area contributed by atoms with E-state index in [0.717, 1.165) is 24.8 Å². The lowest BCUT2D eigenvalue weighted by Crippen LogP contribution is -2.15. The first-order valence-electron chi connectivity index (χ1n) is 8.85. The highest BCUT2D eigenvalue weighted by Gasteiger charge is 2.09. The maximum Gasteiger partial charge on any atom is 0.371 e. The predicted octanol–water partition coefficient (Wildman–Crippen LogP) is 4.83. The molecular weight excluding hydrogens is 332 g/mol. The van der Waals surface area contributed by atoms with Crippen LogP contribution in [0.15, 0.2) is 48.7 Å². The molecule has 5 nitrogen and oxygen atoms in total. The second kappa shape index (κ2) is 14.8. The van der Waals surface area contributed by atoms with Gasteiger partial charge in [0.15, 0.2) is 0 Å². The largest absolute Gasteiger partial charge is 0.490 e. The summed E-state index contributed by atoms with van der Waals surface area (Å²) in [6, 6.07) is 9.15. The van der Waals surface area contributed by atoms with Gasteiger partial charge in [0.2, 0.25) is 5.76 Å². The Morgan fingerprint density at radius 1 is 1.19 bits per heavy atom. The number of benzene rings is 1. The molecule has 1 unspecified atom stereocenters. The fourth-order valence-electron chi connectivity index (χ4n) is 2.09. The van der Waals surface area contributed by atoms with Crippen molar-refractivity contribution in [2.24, 2.45) is 0 Å². The Hall–Kier alpha value is -2.56. The molecule has 1 aromatic rings. The summed E-state index contributed by atoms with van der Waals surface area (Å²) >= 11 is 0. The van der Waals surface area contributed by atoms with Crippen molar-refractivity contribution in [2.45, 2.75) is 52.1 Å². The lowest BCUT2D eigenvalue weighted by atomic mass is 10.1. The molecule has 144 valence electrons. The average molecular weight is 362 g/mol. The van der Waals surface area contributed by atoms with Crippen molar-refractivity contribution in [1.29, 1.82) is 0 Å². The number of carboxylic acid groups (broad SMARTS) is 1. The summed E-state index contributed by atoms with van der Waals surface area (Å²) in [6.07, 6.45) is 8.20. The molecule has 0 spiro atoms. The van der Waals surface area contributed by atoms with E-state index in [1.165, 1.54) is 32.1 Å². The first kappa shape index (κ1) is 23.4. The summed E-state index contributed by atoms with van der Waals surface area (Å²) in [5.74, 6) is -1.43. The van der Waals surface area contributed by atoms with Crippen LogP contribution in [0.2, 0.25) is 0 Å². The van der Waals surface area contributed by atoms with Crippen LogP contribution in [0.4, 0.5) is 0 Å². The van der Waals surface area contributed by atoms with Gasteiger partial charge in [-0.15, -0.1) is 0 Å². The van der Waals surface area contributed by atoms with Crippen LogP contribution in [-0.4, -0.2) is 30.3 Å². The molecule has 0 aliphatic carbocycles. The van der Waals surface area contributed by atoms with Crippen molar-refractivity contribution in [2.75, 3.05) is 7.11 Å². The lowest BCUT2D eigenvalue weighted by molar-refractivity contribution is -0.143. The molecule has 0 radical (unpaired) electrons. The number of hydrogen-bond donors (Lipinski definition) is 1. The van der Waals surface area contributed by atoms with Crippen LogP contribution < -0.4 is 0 Å². The van der Waals surface area contributed by atoms with E-state index in [1.807, 2.05) is 37.3 Å². The summed E-state index contributed by atoms with van der Waals surface area (Å²) in [5, 5.41) is 8.64. The Morgan fingerprint density at radius 2 is 1.85 bits per heavy atom. The smallest absolute Gasteiger partial charge is 0.371 e. The minimum atomic E-state index is -1.06. The normalized spacial score (nSPS) is 11.6. The highest BCUT2D eigenvalue weighted by Crippen LogP contribution is 2.10. The molecule has 26 heavy (non-hydrogen) atoms. The van der Waals surface area contributed by atoms with Gasteiger partial charge in [0.1, 0.15) is 6.10 Å². The van der Waals surface area contributed by atoms with E-state index in [9.17, 15) is 9.59 Å². The average Bonchev–Trinajstić information content (AvgIpc) is 2.66. The Labute approximate surface area is 156 Å². The SMILES string of the molecule is C=CC(=O)OC(CC)CCCCC.COC(=Cc1ccccc1)C(=O)O. The van der Waals surface area contributed by atoms with Crippen LogP contribution in [0.3, 0.4) is 0 Å². The number of methoxy groups -OCH3 is 1. The maximum atomic E-state index is 10.9. The fraction of sp³-hybridized carbons (Fsp3) is 0.429. The molecule has 1 rings (SSSR count). The van der Waals surface area contributed by atoms with E-state index in [2.05, 4.69) is 18.2 Å². The number of unbranched alkanes of at least 4 members (excludes halogenated alkanes) is 2. The Balaban J connectivity index is 0.000000481. The topological polar surface area (TPSA) is 72.8 Å². The molecule has 0 aliphatic heterocycles. The third-order valence-electron chi connectivity index (χ3n) is 3.56. The van der Waals surface area contributed by atoms with Crippen LogP contribution in [-0.2, 0) is 19.1 Å². The van der Waals surface area contributed by atoms with E-state index in [-0.39, 0.29) is 17.8 Å². The number of ether oxygens (including phenoxy) is 2. The number of aliphatic carboxylic acids is 1. The van der Waals surface area contributed by atoms with E-state index < -0.39 is 5.97 Å². The molecule has 0 amide bonds. The van der Waals surface area contributed by atoms with Gasteiger partial charge in [-0.25, -0.2) is 9.59 Å². The Morgan fingerprint density at radius 3 is 2.31 bits per heavy atom. The van der Waals surface area contributed by atoms with Gasteiger partial charge in [-0.1, -0.05) is 63.6 Å². The number of carboxylic acids is 1. The van der Waals surface area contributed by atoms with E-state index >= 15 is 0 Å². The van der Waals surface area contributed by atoms with Crippen molar-refractivity contribution in [3.63, 3.8) is 0 Å². The van der Waals surface area contributed by atoms with E-state index in [0.29, 0.717) is 0 Å². The van der Waals surface area contributed by atoms with Crippen LogP contribution in [0, 0.1) is 0 Å². The molecule has 0 heterocycles. The lowest BCUT2D eigenvalue weighted by Gasteiger charge is -2.14.